The first-order valence-electron chi connectivity index (χ1n) is 7.42. The van der Waals surface area contributed by atoms with Gasteiger partial charge in [0, 0.05) is 31.1 Å². The molecular formula is C14H24N4O2S. The summed E-state index contributed by atoms with van der Waals surface area (Å²) in [6.07, 6.45) is 3.02. The van der Waals surface area contributed by atoms with E-state index in [-0.39, 0.29) is 12.1 Å². The lowest BCUT2D eigenvalue weighted by Crippen LogP contribution is -2.50. The van der Waals surface area contributed by atoms with E-state index in [9.17, 15) is 4.79 Å². The van der Waals surface area contributed by atoms with Gasteiger partial charge < -0.3 is 15.0 Å². The molecule has 21 heavy (non-hydrogen) atoms. The predicted octanol–water partition coefficient (Wildman–Crippen LogP) is 2.42. The Morgan fingerprint density at radius 1 is 1.52 bits per heavy atom. The molecule has 1 N–H and O–H groups in total. The second-order valence-electron chi connectivity index (χ2n) is 6.35. The molecular weight excluding hydrogens is 288 g/mol. The van der Waals surface area contributed by atoms with Gasteiger partial charge in [-0.2, -0.15) is 0 Å². The Balaban J connectivity index is 1.84. The van der Waals surface area contributed by atoms with E-state index in [1.165, 1.54) is 11.5 Å². The molecule has 0 aromatic carbocycles. The number of nitrogens with one attached hydrogen (secondary N) is 1. The molecule has 6 nitrogen and oxygen atoms in total. The molecule has 1 saturated heterocycles. The average Bonchev–Trinajstić information content (AvgIpc) is 2.90. The molecule has 0 aliphatic carbocycles. The van der Waals surface area contributed by atoms with Crippen molar-refractivity contribution in [3.8, 4) is 0 Å². The van der Waals surface area contributed by atoms with Gasteiger partial charge in [-0.05, 0) is 51.6 Å². The van der Waals surface area contributed by atoms with Crippen LogP contribution in [0.5, 0.6) is 0 Å². The van der Waals surface area contributed by atoms with Gasteiger partial charge in [-0.15, -0.1) is 5.10 Å². The minimum absolute atomic E-state index is 0.195. The topological polar surface area (TPSA) is 67.3 Å². The highest BCUT2D eigenvalue weighted by atomic mass is 32.1. The second kappa shape index (κ2) is 7.17. The van der Waals surface area contributed by atoms with Crippen LogP contribution in [-0.2, 0) is 11.3 Å². The minimum Gasteiger partial charge on any atom is -0.444 e. The zero-order valence-electron chi connectivity index (χ0n) is 13.0. The minimum atomic E-state index is -0.446. The third-order valence-corrected chi connectivity index (χ3v) is 3.90. The first-order chi connectivity index (χ1) is 9.96. The molecule has 0 spiro atoms. The van der Waals surface area contributed by atoms with Crippen LogP contribution in [0.3, 0.4) is 0 Å². The highest BCUT2D eigenvalue weighted by molar-refractivity contribution is 7.03. The van der Waals surface area contributed by atoms with Crippen molar-refractivity contribution in [1.82, 2.24) is 19.8 Å². The summed E-state index contributed by atoms with van der Waals surface area (Å²) in [5, 5.41) is 9.29. The fourth-order valence-corrected chi connectivity index (χ4v) is 2.85. The van der Waals surface area contributed by atoms with E-state index in [0.29, 0.717) is 6.54 Å². The molecule has 0 bridgehead atoms. The number of carbonyl (C=O) groups excluding carboxylic acids is 1. The fraction of sp³-hybridized carbons (Fsp3) is 0.786. The van der Waals surface area contributed by atoms with Gasteiger partial charge in [0.25, 0.3) is 0 Å². The molecule has 0 radical (unpaired) electrons. The summed E-state index contributed by atoms with van der Waals surface area (Å²) in [4.78, 5) is 14.1. The number of carbonyl (C=O) groups is 1. The van der Waals surface area contributed by atoms with Gasteiger partial charge in [0.1, 0.15) is 5.60 Å². The molecule has 1 amide bonds. The molecule has 0 saturated carbocycles. The molecule has 1 aliphatic rings. The van der Waals surface area contributed by atoms with Crippen molar-refractivity contribution in [3.63, 3.8) is 0 Å². The SMILES string of the molecule is CC(C)(C)OC(=O)N1CCCCC1CNCc1csnn1. The van der Waals surface area contributed by atoms with Gasteiger partial charge in [-0.3, -0.25) is 0 Å². The van der Waals surface area contributed by atoms with Crippen molar-refractivity contribution in [3.05, 3.63) is 11.1 Å². The van der Waals surface area contributed by atoms with Crippen LogP contribution < -0.4 is 5.32 Å². The summed E-state index contributed by atoms with van der Waals surface area (Å²) < 4.78 is 9.34. The van der Waals surface area contributed by atoms with Crippen LogP contribution >= 0.6 is 11.5 Å². The van der Waals surface area contributed by atoms with E-state index in [1.807, 2.05) is 31.1 Å². The van der Waals surface area contributed by atoms with Crippen molar-refractivity contribution in [2.45, 2.75) is 58.2 Å². The van der Waals surface area contributed by atoms with E-state index in [2.05, 4.69) is 14.9 Å². The first kappa shape index (κ1) is 16.2. The van der Waals surface area contributed by atoms with Gasteiger partial charge in [0.15, 0.2) is 0 Å². The second-order valence-corrected chi connectivity index (χ2v) is 6.96. The summed E-state index contributed by atoms with van der Waals surface area (Å²) in [7, 11) is 0. The van der Waals surface area contributed by atoms with Crippen LogP contribution in [0.2, 0.25) is 0 Å². The predicted molar refractivity (Wildman–Crippen MR) is 82.2 cm³/mol. The normalized spacial score (nSPS) is 19.6. The van der Waals surface area contributed by atoms with Gasteiger partial charge in [-0.25, -0.2) is 4.79 Å². The molecule has 2 rings (SSSR count). The summed E-state index contributed by atoms with van der Waals surface area (Å²) in [6.45, 7) is 7.93. The summed E-state index contributed by atoms with van der Waals surface area (Å²) in [6, 6.07) is 0.195. The maximum atomic E-state index is 12.3. The van der Waals surface area contributed by atoms with E-state index in [0.717, 1.165) is 38.0 Å². The smallest absolute Gasteiger partial charge is 0.410 e. The van der Waals surface area contributed by atoms with E-state index in [4.69, 9.17) is 4.74 Å². The van der Waals surface area contributed by atoms with Crippen molar-refractivity contribution >= 4 is 17.6 Å². The van der Waals surface area contributed by atoms with E-state index in [1.54, 1.807) is 0 Å². The van der Waals surface area contributed by atoms with Crippen LogP contribution in [0.4, 0.5) is 4.79 Å². The molecule has 118 valence electrons. The molecule has 1 aromatic heterocycles. The third-order valence-electron chi connectivity index (χ3n) is 3.35. The van der Waals surface area contributed by atoms with Gasteiger partial charge >= 0.3 is 6.09 Å². The number of ether oxygens (including phenoxy) is 1. The van der Waals surface area contributed by atoms with Crippen LogP contribution in [0.15, 0.2) is 5.38 Å². The Hall–Kier alpha value is -1.21. The number of aromatic nitrogens is 2. The fourth-order valence-electron chi connectivity index (χ4n) is 2.40. The van der Waals surface area contributed by atoms with E-state index >= 15 is 0 Å². The Bertz CT molecular complexity index is 444. The molecule has 1 aliphatic heterocycles. The summed E-state index contributed by atoms with van der Waals surface area (Å²) in [5.74, 6) is 0. The lowest BCUT2D eigenvalue weighted by Gasteiger charge is -2.36. The highest BCUT2D eigenvalue weighted by Gasteiger charge is 2.30. The standard InChI is InChI=1S/C14H24N4O2S/c1-14(2,3)20-13(19)18-7-5-4-6-12(18)9-15-8-11-10-21-17-16-11/h10,12,15H,4-9H2,1-3H3. The lowest BCUT2D eigenvalue weighted by atomic mass is 10.0. The molecule has 1 fully saturated rings. The zero-order valence-corrected chi connectivity index (χ0v) is 13.8. The number of nitrogens with zero attached hydrogens (tertiary/aromatic N) is 3. The maximum absolute atomic E-state index is 12.3. The average molecular weight is 312 g/mol. The summed E-state index contributed by atoms with van der Waals surface area (Å²) in [5.41, 5.74) is 0.498. The van der Waals surface area contributed by atoms with Crippen LogP contribution in [0.1, 0.15) is 45.7 Å². The quantitative estimate of drug-likeness (QED) is 0.925. The van der Waals surface area contributed by atoms with E-state index < -0.39 is 5.60 Å². The maximum Gasteiger partial charge on any atom is 0.410 e. The van der Waals surface area contributed by atoms with Crippen molar-refractivity contribution in [2.24, 2.45) is 0 Å². The Kier molecular flexibility index (Phi) is 5.52. The van der Waals surface area contributed by atoms with Crippen molar-refractivity contribution < 1.29 is 9.53 Å². The zero-order chi connectivity index (χ0) is 15.3. The van der Waals surface area contributed by atoms with Crippen LogP contribution in [-0.4, -0.2) is 45.3 Å². The van der Waals surface area contributed by atoms with Crippen molar-refractivity contribution in [1.29, 1.82) is 0 Å². The molecule has 1 aromatic rings. The van der Waals surface area contributed by atoms with Crippen molar-refractivity contribution in [2.75, 3.05) is 13.1 Å². The Labute approximate surface area is 130 Å². The number of rotatable bonds is 4. The number of piperidine rings is 1. The first-order valence-corrected chi connectivity index (χ1v) is 8.25. The molecule has 1 unspecified atom stereocenters. The largest absolute Gasteiger partial charge is 0.444 e. The van der Waals surface area contributed by atoms with Gasteiger partial charge in [-0.1, -0.05) is 4.49 Å². The number of amides is 1. The lowest BCUT2D eigenvalue weighted by molar-refractivity contribution is 0.00993. The summed E-state index contributed by atoms with van der Waals surface area (Å²) >= 11 is 1.35. The molecule has 2 heterocycles. The van der Waals surface area contributed by atoms with Crippen LogP contribution in [0, 0.1) is 0 Å². The Morgan fingerprint density at radius 3 is 3.00 bits per heavy atom. The number of hydrogen-bond donors (Lipinski definition) is 1. The number of hydrogen-bond acceptors (Lipinski definition) is 6. The van der Waals surface area contributed by atoms with Gasteiger partial charge in [0.2, 0.25) is 0 Å². The number of likely N-dealkylation sites (tertiary alicyclic amines) is 1. The van der Waals surface area contributed by atoms with Gasteiger partial charge in [0.05, 0.1) is 5.69 Å². The monoisotopic (exact) mass is 312 g/mol. The Morgan fingerprint density at radius 2 is 2.33 bits per heavy atom. The van der Waals surface area contributed by atoms with Crippen LogP contribution in [0.25, 0.3) is 0 Å². The molecule has 1 atom stereocenters. The third kappa shape index (κ3) is 5.24. The molecule has 7 heteroatoms. The highest BCUT2D eigenvalue weighted by Crippen LogP contribution is 2.20.